The van der Waals surface area contributed by atoms with E-state index < -0.39 is 0 Å². The van der Waals surface area contributed by atoms with E-state index in [-0.39, 0.29) is 6.03 Å². The first-order valence-electron chi connectivity index (χ1n) is 7.27. The Morgan fingerprint density at radius 1 is 1.65 bits per heavy atom. The van der Waals surface area contributed by atoms with Crippen LogP contribution in [0.1, 0.15) is 18.9 Å². The van der Waals surface area contributed by atoms with Crippen LogP contribution in [0.15, 0.2) is 12.4 Å². The van der Waals surface area contributed by atoms with Gasteiger partial charge in [0.2, 0.25) is 0 Å². The minimum atomic E-state index is 0.0169. The fourth-order valence-electron chi connectivity index (χ4n) is 2.42. The molecule has 0 aromatic carbocycles. The number of carbonyl (C=O) groups is 1. The Morgan fingerprint density at radius 2 is 2.50 bits per heavy atom. The fraction of sp³-hybridized carbons (Fsp3) is 0.714. The molecule has 0 saturated carbocycles. The zero-order chi connectivity index (χ0) is 14.4. The summed E-state index contributed by atoms with van der Waals surface area (Å²) in [4.78, 5) is 14.0. The molecule has 6 heteroatoms. The number of hydrogen-bond donors (Lipinski definition) is 1. The van der Waals surface area contributed by atoms with Crippen molar-refractivity contribution in [3.63, 3.8) is 0 Å². The highest BCUT2D eigenvalue weighted by molar-refractivity contribution is 5.74. The van der Waals surface area contributed by atoms with Crippen LogP contribution in [0.4, 0.5) is 4.79 Å². The number of hydrogen-bond acceptors (Lipinski definition) is 3. The average molecular weight is 280 g/mol. The van der Waals surface area contributed by atoms with E-state index in [0.29, 0.717) is 12.5 Å². The van der Waals surface area contributed by atoms with Gasteiger partial charge >= 0.3 is 6.03 Å². The van der Waals surface area contributed by atoms with Crippen LogP contribution in [-0.2, 0) is 18.2 Å². The molecule has 112 valence electrons. The lowest BCUT2D eigenvalue weighted by Crippen LogP contribution is -2.43. The molecule has 2 heterocycles. The standard InChI is InChI=1S/C14H24N4O2/c1-3-18(10-13-5-7-20-11-13)14(19)15-6-4-12-8-16-17(2)9-12/h8-9,13H,3-7,10-11H2,1-2H3,(H,15,19). The molecule has 0 aliphatic carbocycles. The quantitative estimate of drug-likeness (QED) is 0.846. The number of amides is 2. The first kappa shape index (κ1) is 14.8. The van der Waals surface area contributed by atoms with Gasteiger partial charge < -0.3 is 15.0 Å². The molecule has 1 fully saturated rings. The highest BCUT2D eigenvalue weighted by Gasteiger charge is 2.21. The topological polar surface area (TPSA) is 59.4 Å². The zero-order valence-electron chi connectivity index (χ0n) is 12.3. The minimum Gasteiger partial charge on any atom is -0.381 e. The Hall–Kier alpha value is -1.56. The van der Waals surface area contributed by atoms with Crippen molar-refractivity contribution >= 4 is 6.03 Å². The Labute approximate surface area is 120 Å². The molecular formula is C14H24N4O2. The van der Waals surface area contributed by atoms with Crippen LogP contribution in [0.25, 0.3) is 0 Å². The summed E-state index contributed by atoms with van der Waals surface area (Å²) in [6, 6.07) is 0.0169. The van der Waals surface area contributed by atoms with Crippen molar-refractivity contribution in [1.29, 1.82) is 0 Å². The van der Waals surface area contributed by atoms with Crippen molar-refractivity contribution in [1.82, 2.24) is 20.0 Å². The van der Waals surface area contributed by atoms with Crippen LogP contribution < -0.4 is 5.32 Å². The molecule has 20 heavy (non-hydrogen) atoms. The van der Waals surface area contributed by atoms with Gasteiger partial charge in [-0.1, -0.05) is 0 Å². The largest absolute Gasteiger partial charge is 0.381 e. The normalized spacial score (nSPS) is 18.2. The predicted octanol–water partition coefficient (Wildman–Crippen LogP) is 1.03. The summed E-state index contributed by atoms with van der Waals surface area (Å²) in [5, 5.41) is 7.09. The molecule has 0 radical (unpaired) electrons. The molecule has 1 N–H and O–H groups in total. The van der Waals surface area contributed by atoms with Gasteiger partial charge in [-0.15, -0.1) is 0 Å². The van der Waals surface area contributed by atoms with Crippen molar-refractivity contribution < 1.29 is 9.53 Å². The van der Waals surface area contributed by atoms with E-state index in [4.69, 9.17) is 4.74 Å². The van der Waals surface area contributed by atoms with Gasteiger partial charge in [0, 0.05) is 45.4 Å². The second-order valence-electron chi connectivity index (χ2n) is 5.27. The van der Waals surface area contributed by atoms with E-state index in [0.717, 1.165) is 44.7 Å². The molecule has 1 aliphatic heterocycles. The average Bonchev–Trinajstić information content (AvgIpc) is 3.07. The highest BCUT2D eigenvalue weighted by atomic mass is 16.5. The number of aromatic nitrogens is 2. The molecule has 1 aromatic rings. The second-order valence-corrected chi connectivity index (χ2v) is 5.27. The van der Waals surface area contributed by atoms with Crippen LogP contribution >= 0.6 is 0 Å². The maximum atomic E-state index is 12.1. The SMILES string of the molecule is CCN(CC1CCOC1)C(=O)NCCc1cnn(C)c1. The van der Waals surface area contributed by atoms with E-state index in [2.05, 4.69) is 10.4 Å². The summed E-state index contributed by atoms with van der Waals surface area (Å²) in [6.07, 6.45) is 5.67. The number of aryl methyl sites for hydroxylation is 1. The monoisotopic (exact) mass is 280 g/mol. The lowest BCUT2D eigenvalue weighted by Gasteiger charge is -2.24. The first-order chi connectivity index (χ1) is 9.69. The maximum Gasteiger partial charge on any atom is 0.317 e. The van der Waals surface area contributed by atoms with E-state index in [1.807, 2.05) is 31.3 Å². The minimum absolute atomic E-state index is 0.0169. The van der Waals surface area contributed by atoms with E-state index in [9.17, 15) is 4.79 Å². The van der Waals surface area contributed by atoms with Crippen LogP contribution in [0.2, 0.25) is 0 Å². The Balaban J connectivity index is 1.71. The molecule has 1 atom stereocenters. The fourth-order valence-corrected chi connectivity index (χ4v) is 2.42. The van der Waals surface area contributed by atoms with Crippen LogP contribution in [-0.4, -0.2) is 53.6 Å². The van der Waals surface area contributed by atoms with E-state index in [1.54, 1.807) is 4.68 Å². The summed E-state index contributed by atoms with van der Waals surface area (Å²) in [5.41, 5.74) is 1.14. The third-order valence-electron chi connectivity index (χ3n) is 3.62. The van der Waals surface area contributed by atoms with Crippen molar-refractivity contribution in [3.05, 3.63) is 18.0 Å². The van der Waals surface area contributed by atoms with E-state index in [1.165, 1.54) is 0 Å². The number of nitrogens with zero attached hydrogens (tertiary/aromatic N) is 3. The van der Waals surface area contributed by atoms with Crippen molar-refractivity contribution in [2.24, 2.45) is 13.0 Å². The molecule has 1 aromatic heterocycles. The summed E-state index contributed by atoms with van der Waals surface area (Å²) in [6.45, 7) is 5.77. The number of nitrogens with one attached hydrogen (secondary N) is 1. The van der Waals surface area contributed by atoms with Gasteiger partial charge in [0.05, 0.1) is 12.8 Å². The lowest BCUT2D eigenvalue weighted by atomic mass is 10.1. The second kappa shape index (κ2) is 7.28. The third-order valence-corrected chi connectivity index (χ3v) is 3.62. The Bertz CT molecular complexity index is 427. The number of rotatable bonds is 6. The van der Waals surface area contributed by atoms with Gasteiger partial charge in [-0.25, -0.2) is 4.79 Å². The summed E-state index contributed by atoms with van der Waals surface area (Å²) in [5.74, 6) is 0.485. The molecule has 6 nitrogen and oxygen atoms in total. The first-order valence-corrected chi connectivity index (χ1v) is 7.27. The molecule has 1 unspecified atom stereocenters. The molecule has 0 spiro atoms. The van der Waals surface area contributed by atoms with E-state index >= 15 is 0 Å². The van der Waals surface area contributed by atoms with Crippen molar-refractivity contribution in [3.8, 4) is 0 Å². The molecule has 2 rings (SSSR count). The van der Waals surface area contributed by atoms with Crippen LogP contribution in [0.5, 0.6) is 0 Å². The summed E-state index contributed by atoms with van der Waals surface area (Å²) < 4.78 is 7.13. The van der Waals surface area contributed by atoms with Gasteiger partial charge in [0.1, 0.15) is 0 Å². The number of urea groups is 1. The lowest BCUT2D eigenvalue weighted by molar-refractivity contribution is 0.166. The van der Waals surface area contributed by atoms with Gasteiger partial charge in [-0.2, -0.15) is 5.10 Å². The van der Waals surface area contributed by atoms with Gasteiger partial charge in [-0.3, -0.25) is 4.68 Å². The van der Waals surface area contributed by atoms with Crippen molar-refractivity contribution in [2.45, 2.75) is 19.8 Å². The van der Waals surface area contributed by atoms with Crippen molar-refractivity contribution in [2.75, 3.05) is 32.8 Å². The molecular weight excluding hydrogens is 256 g/mol. The maximum absolute atomic E-state index is 12.1. The molecule has 1 saturated heterocycles. The van der Waals surface area contributed by atoms with Gasteiger partial charge in [-0.05, 0) is 25.3 Å². The molecule has 1 aliphatic rings. The Morgan fingerprint density at radius 3 is 3.10 bits per heavy atom. The predicted molar refractivity (Wildman–Crippen MR) is 76.5 cm³/mol. The molecule has 0 bridgehead atoms. The zero-order valence-corrected chi connectivity index (χ0v) is 12.3. The summed E-state index contributed by atoms with van der Waals surface area (Å²) in [7, 11) is 1.89. The molecule has 2 amide bonds. The van der Waals surface area contributed by atoms with Gasteiger partial charge in [0.25, 0.3) is 0 Å². The smallest absolute Gasteiger partial charge is 0.317 e. The van der Waals surface area contributed by atoms with Gasteiger partial charge in [0.15, 0.2) is 0 Å². The highest BCUT2D eigenvalue weighted by Crippen LogP contribution is 2.13. The number of carbonyl (C=O) groups excluding carboxylic acids is 1. The Kier molecular flexibility index (Phi) is 5.40. The van der Waals surface area contributed by atoms with Crippen LogP contribution in [0, 0.1) is 5.92 Å². The third kappa shape index (κ3) is 4.23. The van der Waals surface area contributed by atoms with Crippen LogP contribution in [0.3, 0.4) is 0 Å². The summed E-state index contributed by atoms with van der Waals surface area (Å²) >= 11 is 0. The number of ether oxygens (including phenoxy) is 1.